The number of unbranched alkanes of at least 4 members (excludes halogenated alkanes) is 2. The van der Waals surface area contributed by atoms with Crippen LogP contribution in [0.15, 0.2) is 42.0 Å². The van der Waals surface area contributed by atoms with Gasteiger partial charge in [-0.15, -0.1) is 0 Å². The standard InChI is InChI=1S/C27H32ClNO5/c1-6-7-8-12-29-23(18-10-9-11-19(15-18)34-16(2)3)22(25(31)27(29)32)24(30)20-13-17(4)14-21(28)26(20)33-5/h9-11,13-16,23,30H,6-8,12H2,1-5H3/b24-22+. The van der Waals surface area contributed by atoms with E-state index < -0.39 is 17.7 Å². The molecule has 0 aromatic heterocycles. The molecule has 2 aromatic rings. The Balaban J connectivity index is 2.22. The average Bonchev–Trinajstić information content (AvgIpc) is 3.03. The first kappa shape index (κ1) is 25.6. The Morgan fingerprint density at radius 1 is 1.18 bits per heavy atom. The SMILES string of the molecule is CCCCCN1C(=O)C(=O)/C(=C(/O)c2cc(C)cc(Cl)c2OC)C1c1cccc(OC(C)C)c1. The Bertz CT molecular complexity index is 1110. The van der Waals surface area contributed by atoms with E-state index in [2.05, 4.69) is 6.92 Å². The van der Waals surface area contributed by atoms with Crippen LogP contribution in [0.1, 0.15) is 62.8 Å². The molecule has 2 aromatic carbocycles. The van der Waals surface area contributed by atoms with E-state index in [1.807, 2.05) is 45.0 Å². The first-order valence-corrected chi connectivity index (χ1v) is 12.0. The number of ketones is 1. The molecule has 34 heavy (non-hydrogen) atoms. The Kier molecular flexibility index (Phi) is 8.26. The molecule has 1 atom stereocenters. The zero-order chi connectivity index (χ0) is 25.0. The van der Waals surface area contributed by atoms with Gasteiger partial charge in [-0.05, 0) is 62.6 Å². The molecular formula is C27H32ClNO5. The second-order valence-electron chi connectivity index (χ2n) is 8.77. The van der Waals surface area contributed by atoms with Gasteiger partial charge in [0.15, 0.2) is 0 Å². The van der Waals surface area contributed by atoms with Crippen molar-refractivity contribution in [3.8, 4) is 11.5 Å². The third-order valence-electron chi connectivity index (χ3n) is 5.74. The minimum atomic E-state index is -0.753. The highest BCUT2D eigenvalue weighted by molar-refractivity contribution is 6.46. The van der Waals surface area contributed by atoms with Crippen molar-refractivity contribution in [2.45, 2.75) is 59.1 Å². The van der Waals surface area contributed by atoms with Crippen LogP contribution in [-0.2, 0) is 9.59 Å². The number of hydrogen-bond acceptors (Lipinski definition) is 5. The van der Waals surface area contributed by atoms with Crippen molar-refractivity contribution in [1.29, 1.82) is 0 Å². The van der Waals surface area contributed by atoms with Crippen LogP contribution in [-0.4, -0.2) is 41.5 Å². The van der Waals surface area contributed by atoms with Gasteiger partial charge in [0.1, 0.15) is 17.3 Å². The molecule has 0 spiro atoms. The monoisotopic (exact) mass is 485 g/mol. The van der Waals surface area contributed by atoms with Crippen LogP contribution in [0.5, 0.6) is 11.5 Å². The first-order chi connectivity index (χ1) is 16.2. The van der Waals surface area contributed by atoms with Crippen molar-refractivity contribution in [1.82, 2.24) is 4.90 Å². The molecule has 1 saturated heterocycles. The van der Waals surface area contributed by atoms with E-state index in [1.165, 1.54) is 7.11 Å². The predicted molar refractivity (Wildman–Crippen MR) is 133 cm³/mol. The van der Waals surface area contributed by atoms with E-state index in [0.29, 0.717) is 22.9 Å². The Morgan fingerprint density at radius 2 is 1.91 bits per heavy atom. The Hall–Kier alpha value is -2.99. The molecular weight excluding hydrogens is 454 g/mol. The maximum atomic E-state index is 13.3. The third kappa shape index (κ3) is 5.22. The number of methoxy groups -OCH3 is 1. The van der Waals surface area contributed by atoms with Gasteiger partial charge in [-0.3, -0.25) is 9.59 Å². The Morgan fingerprint density at radius 3 is 2.56 bits per heavy atom. The lowest BCUT2D eigenvalue weighted by molar-refractivity contribution is -0.139. The zero-order valence-electron chi connectivity index (χ0n) is 20.4. The summed E-state index contributed by atoms with van der Waals surface area (Å²) in [5.74, 6) is -0.788. The van der Waals surface area contributed by atoms with Gasteiger partial charge in [0.2, 0.25) is 0 Å². The summed E-state index contributed by atoms with van der Waals surface area (Å²) in [6.07, 6.45) is 2.62. The molecule has 0 aliphatic carbocycles. The lowest BCUT2D eigenvalue weighted by Crippen LogP contribution is -2.30. The van der Waals surface area contributed by atoms with Crippen molar-refractivity contribution < 1.29 is 24.2 Å². The predicted octanol–water partition coefficient (Wildman–Crippen LogP) is 6.06. The molecule has 182 valence electrons. The van der Waals surface area contributed by atoms with Gasteiger partial charge in [-0.2, -0.15) is 0 Å². The number of aliphatic hydroxyl groups excluding tert-OH is 1. The van der Waals surface area contributed by atoms with Gasteiger partial charge in [0.25, 0.3) is 11.7 Å². The highest BCUT2D eigenvalue weighted by atomic mass is 35.5. The summed E-state index contributed by atoms with van der Waals surface area (Å²) in [5.41, 5.74) is 1.77. The smallest absolute Gasteiger partial charge is 0.295 e. The van der Waals surface area contributed by atoms with E-state index in [1.54, 1.807) is 17.0 Å². The van der Waals surface area contributed by atoms with Crippen molar-refractivity contribution in [2.75, 3.05) is 13.7 Å². The Labute approximate surface area is 206 Å². The molecule has 0 saturated carbocycles. The van der Waals surface area contributed by atoms with E-state index >= 15 is 0 Å². The largest absolute Gasteiger partial charge is 0.507 e. The number of halogens is 1. The van der Waals surface area contributed by atoms with Crippen LogP contribution in [0.25, 0.3) is 5.76 Å². The zero-order valence-corrected chi connectivity index (χ0v) is 21.1. The van der Waals surface area contributed by atoms with Crippen molar-refractivity contribution in [3.05, 3.63) is 63.7 Å². The summed E-state index contributed by atoms with van der Waals surface area (Å²) in [6.45, 7) is 8.16. The molecule has 1 unspecified atom stereocenters. The fourth-order valence-corrected chi connectivity index (χ4v) is 4.63. The molecule has 0 bridgehead atoms. The van der Waals surface area contributed by atoms with Gasteiger partial charge >= 0.3 is 0 Å². The van der Waals surface area contributed by atoms with Crippen LogP contribution >= 0.6 is 11.6 Å². The highest BCUT2D eigenvalue weighted by Crippen LogP contribution is 2.43. The molecule has 0 radical (unpaired) electrons. The lowest BCUT2D eigenvalue weighted by atomic mass is 9.94. The molecule has 7 heteroatoms. The van der Waals surface area contributed by atoms with Gasteiger partial charge in [-0.25, -0.2) is 0 Å². The summed E-state index contributed by atoms with van der Waals surface area (Å²) in [5, 5.41) is 11.7. The molecule has 3 rings (SSSR count). The maximum Gasteiger partial charge on any atom is 0.295 e. The van der Waals surface area contributed by atoms with Gasteiger partial charge in [0.05, 0.1) is 35.4 Å². The second-order valence-corrected chi connectivity index (χ2v) is 9.17. The maximum absolute atomic E-state index is 13.3. The number of Topliss-reactive ketones (excluding diaryl/α,β-unsaturated/α-hetero) is 1. The number of nitrogens with zero attached hydrogens (tertiary/aromatic N) is 1. The number of rotatable bonds is 9. The van der Waals surface area contributed by atoms with E-state index in [9.17, 15) is 14.7 Å². The number of aliphatic hydroxyl groups is 1. The third-order valence-corrected chi connectivity index (χ3v) is 6.02. The number of carbonyl (C=O) groups excluding carboxylic acids is 2. The van der Waals surface area contributed by atoms with E-state index in [4.69, 9.17) is 21.1 Å². The minimum absolute atomic E-state index is 0.0168. The summed E-state index contributed by atoms with van der Waals surface area (Å²) in [6, 6.07) is 9.96. The molecule has 1 heterocycles. The number of ether oxygens (including phenoxy) is 2. The molecule has 6 nitrogen and oxygen atoms in total. The molecule has 1 aliphatic heterocycles. The number of hydrogen-bond donors (Lipinski definition) is 1. The van der Waals surface area contributed by atoms with Crippen LogP contribution in [0.3, 0.4) is 0 Å². The summed E-state index contributed by atoms with van der Waals surface area (Å²) in [4.78, 5) is 27.9. The lowest BCUT2D eigenvalue weighted by Gasteiger charge is -2.26. The molecule has 1 aliphatic rings. The fourth-order valence-electron chi connectivity index (χ4n) is 4.28. The van der Waals surface area contributed by atoms with Crippen LogP contribution in [0.2, 0.25) is 5.02 Å². The quantitative estimate of drug-likeness (QED) is 0.202. The fraction of sp³-hybridized carbons (Fsp3) is 0.407. The van der Waals surface area contributed by atoms with Gasteiger partial charge in [-0.1, -0.05) is 43.5 Å². The number of carbonyl (C=O) groups is 2. The normalized spacial score (nSPS) is 17.5. The summed E-state index contributed by atoms with van der Waals surface area (Å²) in [7, 11) is 1.45. The van der Waals surface area contributed by atoms with Crippen LogP contribution in [0.4, 0.5) is 0 Å². The number of benzene rings is 2. The molecule has 1 fully saturated rings. The topological polar surface area (TPSA) is 76.1 Å². The van der Waals surface area contributed by atoms with Crippen molar-refractivity contribution in [2.24, 2.45) is 0 Å². The first-order valence-electron chi connectivity index (χ1n) is 11.6. The molecule has 1 amide bonds. The second kappa shape index (κ2) is 11.0. The van der Waals surface area contributed by atoms with Crippen molar-refractivity contribution in [3.63, 3.8) is 0 Å². The van der Waals surface area contributed by atoms with E-state index in [0.717, 1.165) is 24.8 Å². The van der Waals surface area contributed by atoms with Crippen molar-refractivity contribution >= 4 is 29.1 Å². The van der Waals surface area contributed by atoms with Gasteiger partial charge < -0.3 is 19.5 Å². The van der Waals surface area contributed by atoms with Crippen LogP contribution in [0, 0.1) is 6.92 Å². The molecule has 1 N–H and O–H groups in total. The van der Waals surface area contributed by atoms with Crippen LogP contribution < -0.4 is 9.47 Å². The highest BCUT2D eigenvalue weighted by Gasteiger charge is 2.46. The van der Waals surface area contributed by atoms with E-state index in [-0.39, 0.29) is 28.7 Å². The number of amides is 1. The van der Waals surface area contributed by atoms with Gasteiger partial charge in [0, 0.05) is 6.54 Å². The summed E-state index contributed by atoms with van der Waals surface area (Å²) >= 11 is 6.35. The average molecular weight is 486 g/mol. The minimum Gasteiger partial charge on any atom is -0.507 e. The summed E-state index contributed by atoms with van der Waals surface area (Å²) < 4.78 is 11.3. The number of aryl methyl sites for hydroxylation is 1. The number of likely N-dealkylation sites (tertiary alicyclic amines) is 1.